The van der Waals surface area contributed by atoms with E-state index in [0.717, 1.165) is 36.6 Å². The monoisotopic (exact) mass is 386 g/mol. The van der Waals surface area contributed by atoms with Gasteiger partial charge in [0.1, 0.15) is 19.0 Å². The van der Waals surface area contributed by atoms with Gasteiger partial charge in [0.2, 0.25) is 0 Å². The maximum Gasteiger partial charge on any atom is 0.161 e. The molecule has 0 saturated heterocycles. The van der Waals surface area contributed by atoms with Crippen molar-refractivity contribution in [1.82, 2.24) is 0 Å². The minimum Gasteiger partial charge on any atom is -0.490 e. The van der Waals surface area contributed by atoms with E-state index in [1.807, 2.05) is 36.6 Å². The Bertz CT molecular complexity index is 819. The van der Waals surface area contributed by atoms with E-state index in [2.05, 4.69) is 23.5 Å². The van der Waals surface area contributed by atoms with E-state index in [-0.39, 0.29) is 5.82 Å². The van der Waals surface area contributed by atoms with Crippen molar-refractivity contribution in [2.24, 2.45) is 0 Å². The molecule has 0 spiro atoms. The zero-order chi connectivity index (χ0) is 18.9. The third kappa shape index (κ3) is 6.08. The summed E-state index contributed by atoms with van der Waals surface area (Å²) in [6.45, 7) is 4.96. The zero-order valence-electron chi connectivity index (χ0n) is 15.5. The predicted molar refractivity (Wildman–Crippen MR) is 107 cm³/mol. The summed E-state index contributed by atoms with van der Waals surface area (Å²) in [5.74, 6) is 1.38. The van der Waals surface area contributed by atoms with Gasteiger partial charge in [-0.2, -0.15) is 0 Å². The van der Waals surface area contributed by atoms with Gasteiger partial charge in [-0.1, -0.05) is 18.2 Å². The first-order valence-corrected chi connectivity index (χ1v) is 10.1. The molecule has 2 N–H and O–H groups in total. The summed E-state index contributed by atoms with van der Waals surface area (Å²) in [6, 6.07) is 16.9. The number of hydrogen-bond donors (Lipinski definition) is 1. The van der Waals surface area contributed by atoms with Gasteiger partial charge in [0.15, 0.2) is 11.5 Å². The largest absolute Gasteiger partial charge is 0.490 e. The van der Waals surface area contributed by atoms with Crippen LogP contribution in [-0.4, -0.2) is 13.2 Å². The van der Waals surface area contributed by atoms with E-state index in [4.69, 9.17) is 9.47 Å². The standard InChI is InChI=1S/C22H24FNO2S/c1-2-25-22-14-18(7-10-21(22)26-16-20-4-3-13-27-20)15-24-12-11-17-5-8-19(23)9-6-17/h3-10,13-14,24H,2,11-12,15-16H2,1H3/p+1. The van der Waals surface area contributed by atoms with Crippen LogP contribution in [0.2, 0.25) is 0 Å². The summed E-state index contributed by atoms with van der Waals surface area (Å²) >= 11 is 1.69. The van der Waals surface area contributed by atoms with Crippen LogP contribution < -0.4 is 14.8 Å². The van der Waals surface area contributed by atoms with Crippen molar-refractivity contribution in [2.75, 3.05) is 13.2 Å². The second kappa shape index (κ2) is 10.1. The summed E-state index contributed by atoms with van der Waals surface area (Å²) in [5, 5.41) is 4.30. The highest BCUT2D eigenvalue weighted by Crippen LogP contribution is 2.29. The summed E-state index contributed by atoms with van der Waals surface area (Å²) in [4.78, 5) is 1.19. The van der Waals surface area contributed by atoms with Crippen molar-refractivity contribution < 1.29 is 19.2 Å². The van der Waals surface area contributed by atoms with Crippen LogP contribution in [0.15, 0.2) is 60.0 Å². The van der Waals surface area contributed by atoms with Gasteiger partial charge in [-0.05, 0) is 54.3 Å². The fraction of sp³-hybridized carbons (Fsp3) is 0.273. The molecule has 0 radical (unpaired) electrons. The number of rotatable bonds is 10. The number of quaternary nitrogens is 1. The third-order valence-electron chi connectivity index (χ3n) is 4.19. The van der Waals surface area contributed by atoms with Gasteiger partial charge in [0, 0.05) is 16.9 Å². The molecule has 5 heteroatoms. The molecule has 1 aromatic heterocycles. The van der Waals surface area contributed by atoms with Gasteiger partial charge in [-0.25, -0.2) is 4.39 Å². The topological polar surface area (TPSA) is 35.1 Å². The number of thiophene rings is 1. The maximum absolute atomic E-state index is 12.9. The molecule has 27 heavy (non-hydrogen) atoms. The van der Waals surface area contributed by atoms with Crippen LogP contribution in [-0.2, 0) is 19.6 Å². The molecule has 3 aromatic rings. The first kappa shape index (κ1) is 19.4. The highest BCUT2D eigenvalue weighted by molar-refractivity contribution is 7.09. The summed E-state index contributed by atoms with van der Waals surface area (Å²) in [5.41, 5.74) is 2.35. The summed E-state index contributed by atoms with van der Waals surface area (Å²) < 4.78 is 24.6. The average molecular weight is 387 g/mol. The molecule has 0 saturated carbocycles. The molecule has 142 valence electrons. The van der Waals surface area contributed by atoms with E-state index in [0.29, 0.717) is 13.2 Å². The predicted octanol–water partition coefficient (Wildman–Crippen LogP) is 4.17. The Morgan fingerprint density at radius 1 is 0.963 bits per heavy atom. The quantitative estimate of drug-likeness (QED) is 0.531. The van der Waals surface area contributed by atoms with Crippen LogP contribution in [0, 0.1) is 5.82 Å². The lowest BCUT2D eigenvalue weighted by Crippen LogP contribution is -2.83. The third-order valence-corrected chi connectivity index (χ3v) is 5.04. The van der Waals surface area contributed by atoms with E-state index >= 15 is 0 Å². The Labute approximate surface area is 163 Å². The average Bonchev–Trinajstić information content (AvgIpc) is 3.20. The maximum atomic E-state index is 12.9. The lowest BCUT2D eigenvalue weighted by Gasteiger charge is -2.13. The van der Waals surface area contributed by atoms with E-state index in [9.17, 15) is 4.39 Å². The minimum absolute atomic E-state index is 0.187. The van der Waals surface area contributed by atoms with Gasteiger partial charge in [0.25, 0.3) is 0 Å². The number of ether oxygens (including phenoxy) is 2. The van der Waals surface area contributed by atoms with Crippen LogP contribution in [0.25, 0.3) is 0 Å². The van der Waals surface area contributed by atoms with E-state index in [1.54, 1.807) is 11.3 Å². The second-order valence-corrected chi connectivity index (χ2v) is 7.27. The highest BCUT2D eigenvalue weighted by Gasteiger charge is 2.08. The first-order valence-electron chi connectivity index (χ1n) is 9.21. The van der Waals surface area contributed by atoms with Gasteiger partial charge >= 0.3 is 0 Å². The normalized spacial score (nSPS) is 10.7. The van der Waals surface area contributed by atoms with Gasteiger partial charge < -0.3 is 14.8 Å². The molecule has 1 heterocycles. The fourth-order valence-electron chi connectivity index (χ4n) is 2.80. The molecule has 0 bridgehead atoms. The Morgan fingerprint density at radius 2 is 1.78 bits per heavy atom. The Balaban J connectivity index is 1.52. The highest BCUT2D eigenvalue weighted by atomic mass is 32.1. The Kier molecular flexibility index (Phi) is 7.25. The van der Waals surface area contributed by atoms with E-state index in [1.165, 1.54) is 22.6 Å². The van der Waals surface area contributed by atoms with Crippen molar-refractivity contribution in [2.45, 2.75) is 26.5 Å². The van der Waals surface area contributed by atoms with Crippen LogP contribution in [0.3, 0.4) is 0 Å². The molecule has 3 nitrogen and oxygen atoms in total. The summed E-state index contributed by atoms with van der Waals surface area (Å²) in [7, 11) is 0. The summed E-state index contributed by atoms with van der Waals surface area (Å²) in [6.07, 6.45) is 0.917. The van der Waals surface area contributed by atoms with Crippen molar-refractivity contribution >= 4 is 11.3 Å². The van der Waals surface area contributed by atoms with E-state index < -0.39 is 0 Å². The second-order valence-electron chi connectivity index (χ2n) is 6.24. The lowest BCUT2D eigenvalue weighted by atomic mass is 10.1. The van der Waals surface area contributed by atoms with Crippen molar-refractivity contribution in [3.8, 4) is 11.5 Å². The van der Waals surface area contributed by atoms with Gasteiger partial charge in [0.05, 0.1) is 13.2 Å². The van der Waals surface area contributed by atoms with Crippen LogP contribution in [0.4, 0.5) is 4.39 Å². The molecule has 0 unspecified atom stereocenters. The molecule has 0 aliphatic rings. The molecule has 0 aliphatic heterocycles. The van der Waals surface area contributed by atoms with Crippen LogP contribution in [0.1, 0.15) is 22.9 Å². The van der Waals surface area contributed by atoms with Crippen molar-refractivity contribution in [1.29, 1.82) is 0 Å². The minimum atomic E-state index is -0.187. The number of nitrogens with two attached hydrogens (primary N) is 1. The van der Waals surface area contributed by atoms with Crippen molar-refractivity contribution in [3.63, 3.8) is 0 Å². The lowest BCUT2D eigenvalue weighted by molar-refractivity contribution is -0.670. The molecular formula is C22H25FNO2S+. The Hall–Kier alpha value is -2.37. The molecule has 0 amide bonds. The molecule has 3 rings (SSSR count). The fourth-order valence-corrected chi connectivity index (χ4v) is 3.42. The van der Waals surface area contributed by atoms with Crippen LogP contribution in [0.5, 0.6) is 11.5 Å². The van der Waals surface area contributed by atoms with Gasteiger partial charge in [-0.3, -0.25) is 0 Å². The molecule has 0 atom stereocenters. The molecule has 0 fully saturated rings. The SMILES string of the molecule is CCOc1cc(C[NH2+]CCc2ccc(F)cc2)ccc1OCc1cccs1. The number of hydrogen-bond acceptors (Lipinski definition) is 3. The molecular weight excluding hydrogens is 361 g/mol. The number of benzene rings is 2. The Morgan fingerprint density at radius 3 is 2.52 bits per heavy atom. The zero-order valence-corrected chi connectivity index (χ0v) is 16.3. The smallest absolute Gasteiger partial charge is 0.161 e. The molecule has 0 aliphatic carbocycles. The van der Waals surface area contributed by atoms with Crippen LogP contribution >= 0.6 is 11.3 Å². The molecule has 2 aromatic carbocycles. The van der Waals surface area contributed by atoms with Gasteiger partial charge in [-0.15, -0.1) is 11.3 Å². The first-order chi connectivity index (χ1) is 13.2. The number of halogens is 1. The van der Waals surface area contributed by atoms with Crippen molar-refractivity contribution in [3.05, 3.63) is 81.8 Å².